The SMILES string of the molecule is Cc1nc(COc2ccc(CBr)cc2)cs1. The molecule has 0 unspecified atom stereocenters. The monoisotopic (exact) mass is 297 g/mol. The normalized spacial score (nSPS) is 10.4. The summed E-state index contributed by atoms with van der Waals surface area (Å²) in [7, 11) is 0. The number of aromatic nitrogens is 1. The molecule has 0 aliphatic rings. The van der Waals surface area contributed by atoms with Crippen LogP contribution in [0.4, 0.5) is 0 Å². The lowest BCUT2D eigenvalue weighted by molar-refractivity contribution is 0.302. The summed E-state index contributed by atoms with van der Waals surface area (Å²) in [6.45, 7) is 2.54. The second kappa shape index (κ2) is 5.46. The van der Waals surface area contributed by atoms with Gasteiger partial charge in [-0.3, -0.25) is 0 Å². The van der Waals surface area contributed by atoms with Crippen molar-refractivity contribution in [3.8, 4) is 5.75 Å². The molecule has 0 radical (unpaired) electrons. The number of benzene rings is 1. The molecule has 2 aromatic rings. The topological polar surface area (TPSA) is 22.1 Å². The van der Waals surface area contributed by atoms with E-state index in [1.807, 2.05) is 24.4 Å². The van der Waals surface area contributed by atoms with Crippen LogP contribution >= 0.6 is 27.3 Å². The van der Waals surface area contributed by atoms with Gasteiger partial charge < -0.3 is 4.74 Å². The van der Waals surface area contributed by atoms with Crippen molar-refractivity contribution >= 4 is 27.3 Å². The summed E-state index contributed by atoms with van der Waals surface area (Å²) < 4.78 is 5.63. The van der Waals surface area contributed by atoms with Gasteiger partial charge in [-0.15, -0.1) is 11.3 Å². The summed E-state index contributed by atoms with van der Waals surface area (Å²) in [6.07, 6.45) is 0. The molecule has 0 aliphatic carbocycles. The first kappa shape index (κ1) is 11.6. The Kier molecular flexibility index (Phi) is 3.96. The maximum absolute atomic E-state index is 5.63. The molecule has 1 heterocycles. The first-order valence-electron chi connectivity index (χ1n) is 4.96. The third kappa shape index (κ3) is 3.06. The van der Waals surface area contributed by atoms with Gasteiger partial charge in [-0.1, -0.05) is 28.1 Å². The Morgan fingerprint density at radius 1 is 1.31 bits per heavy atom. The summed E-state index contributed by atoms with van der Waals surface area (Å²) in [5.74, 6) is 0.885. The number of halogens is 1. The highest BCUT2D eigenvalue weighted by molar-refractivity contribution is 9.08. The number of alkyl halides is 1. The lowest BCUT2D eigenvalue weighted by Crippen LogP contribution is -1.95. The number of rotatable bonds is 4. The van der Waals surface area contributed by atoms with Crippen LogP contribution in [0.2, 0.25) is 0 Å². The average Bonchev–Trinajstić information content (AvgIpc) is 2.73. The summed E-state index contributed by atoms with van der Waals surface area (Å²) >= 11 is 5.06. The Balaban J connectivity index is 1.94. The number of ether oxygens (including phenoxy) is 1. The zero-order valence-corrected chi connectivity index (χ0v) is 11.3. The Bertz CT molecular complexity index is 452. The number of nitrogens with zero attached hydrogens (tertiary/aromatic N) is 1. The van der Waals surface area contributed by atoms with Gasteiger partial charge in [0.2, 0.25) is 0 Å². The number of hydrogen-bond acceptors (Lipinski definition) is 3. The highest BCUT2D eigenvalue weighted by atomic mass is 79.9. The molecule has 0 saturated heterocycles. The molecule has 0 spiro atoms. The first-order chi connectivity index (χ1) is 7.78. The van der Waals surface area contributed by atoms with Crippen LogP contribution in [0.15, 0.2) is 29.6 Å². The van der Waals surface area contributed by atoms with E-state index >= 15 is 0 Å². The Morgan fingerprint density at radius 2 is 2.06 bits per heavy atom. The van der Waals surface area contributed by atoms with Gasteiger partial charge in [-0.05, 0) is 24.6 Å². The summed E-state index contributed by atoms with van der Waals surface area (Å²) in [4.78, 5) is 4.35. The van der Waals surface area contributed by atoms with Crippen molar-refractivity contribution in [1.82, 2.24) is 4.98 Å². The van der Waals surface area contributed by atoms with E-state index in [1.165, 1.54) is 5.56 Å². The van der Waals surface area contributed by atoms with Crippen LogP contribution in [0, 0.1) is 6.92 Å². The van der Waals surface area contributed by atoms with E-state index in [2.05, 4.69) is 33.0 Å². The fraction of sp³-hybridized carbons (Fsp3) is 0.250. The number of hydrogen-bond donors (Lipinski definition) is 0. The highest BCUT2D eigenvalue weighted by Gasteiger charge is 1.99. The lowest BCUT2D eigenvalue weighted by Gasteiger charge is -2.04. The number of aryl methyl sites for hydroxylation is 1. The third-order valence-electron chi connectivity index (χ3n) is 2.13. The molecule has 0 atom stereocenters. The van der Waals surface area contributed by atoms with Gasteiger partial charge in [0, 0.05) is 10.7 Å². The van der Waals surface area contributed by atoms with Crippen molar-refractivity contribution < 1.29 is 4.74 Å². The van der Waals surface area contributed by atoms with Crippen molar-refractivity contribution in [3.63, 3.8) is 0 Å². The maximum Gasteiger partial charge on any atom is 0.131 e. The second-order valence-electron chi connectivity index (χ2n) is 3.42. The Morgan fingerprint density at radius 3 is 2.62 bits per heavy atom. The molecular weight excluding hydrogens is 286 g/mol. The van der Waals surface area contributed by atoms with E-state index in [0.717, 1.165) is 21.8 Å². The summed E-state index contributed by atoms with van der Waals surface area (Å²) in [6, 6.07) is 8.07. The number of thiazole rings is 1. The molecule has 1 aromatic heterocycles. The smallest absolute Gasteiger partial charge is 0.131 e. The van der Waals surface area contributed by atoms with Crippen LogP contribution in [-0.4, -0.2) is 4.98 Å². The van der Waals surface area contributed by atoms with Crippen LogP contribution < -0.4 is 4.74 Å². The van der Waals surface area contributed by atoms with Crippen molar-refractivity contribution in [3.05, 3.63) is 45.9 Å². The van der Waals surface area contributed by atoms with Crippen LogP contribution in [0.5, 0.6) is 5.75 Å². The predicted molar refractivity (Wildman–Crippen MR) is 70.3 cm³/mol. The van der Waals surface area contributed by atoms with E-state index in [1.54, 1.807) is 11.3 Å². The Hall–Kier alpha value is -0.870. The molecule has 0 bridgehead atoms. The quantitative estimate of drug-likeness (QED) is 0.798. The van der Waals surface area contributed by atoms with E-state index in [9.17, 15) is 0 Å². The van der Waals surface area contributed by atoms with Crippen LogP contribution in [0.3, 0.4) is 0 Å². The minimum absolute atomic E-state index is 0.540. The van der Waals surface area contributed by atoms with Gasteiger partial charge in [-0.2, -0.15) is 0 Å². The average molecular weight is 298 g/mol. The van der Waals surface area contributed by atoms with E-state index < -0.39 is 0 Å². The molecule has 0 saturated carbocycles. The van der Waals surface area contributed by atoms with E-state index in [-0.39, 0.29) is 0 Å². The Labute approximate surface area is 107 Å². The lowest BCUT2D eigenvalue weighted by atomic mass is 10.2. The van der Waals surface area contributed by atoms with Crippen molar-refractivity contribution in [1.29, 1.82) is 0 Å². The molecule has 16 heavy (non-hydrogen) atoms. The third-order valence-corrected chi connectivity index (χ3v) is 3.60. The van der Waals surface area contributed by atoms with E-state index in [0.29, 0.717) is 6.61 Å². The predicted octanol–water partition coefficient (Wildman–Crippen LogP) is 3.93. The second-order valence-corrected chi connectivity index (χ2v) is 5.05. The van der Waals surface area contributed by atoms with Crippen LogP contribution in [0.1, 0.15) is 16.3 Å². The molecule has 0 amide bonds. The molecule has 84 valence electrons. The zero-order chi connectivity index (χ0) is 11.4. The molecule has 2 rings (SSSR count). The van der Waals surface area contributed by atoms with Gasteiger partial charge in [0.05, 0.1) is 10.7 Å². The zero-order valence-electron chi connectivity index (χ0n) is 8.94. The van der Waals surface area contributed by atoms with Gasteiger partial charge in [-0.25, -0.2) is 4.98 Å². The molecule has 4 heteroatoms. The fourth-order valence-corrected chi connectivity index (χ4v) is 2.28. The highest BCUT2D eigenvalue weighted by Crippen LogP contribution is 2.16. The van der Waals surface area contributed by atoms with Crippen LogP contribution in [-0.2, 0) is 11.9 Å². The minimum atomic E-state index is 0.540. The molecule has 0 fully saturated rings. The fourth-order valence-electron chi connectivity index (χ4n) is 1.31. The molecular formula is C12H12BrNOS. The molecule has 0 N–H and O–H groups in total. The van der Waals surface area contributed by atoms with Gasteiger partial charge in [0.1, 0.15) is 12.4 Å². The van der Waals surface area contributed by atoms with Crippen molar-refractivity contribution in [2.24, 2.45) is 0 Å². The molecule has 0 aliphatic heterocycles. The largest absolute Gasteiger partial charge is 0.487 e. The first-order valence-corrected chi connectivity index (χ1v) is 6.97. The maximum atomic E-state index is 5.63. The van der Waals surface area contributed by atoms with E-state index in [4.69, 9.17) is 4.74 Å². The van der Waals surface area contributed by atoms with Gasteiger partial charge >= 0.3 is 0 Å². The summed E-state index contributed by atoms with van der Waals surface area (Å²) in [5, 5.41) is 3.98. The van der Waals surface area contributed by atoms with Gasteiger partial charge in [0.15, 0.2) is 0 Å². The minimum Gasteiger partial charge on any atom is -0.487 e. The molecule has 2 nitrogen and oxygen atoms in total. The van der Waals surface area contributed by atoms with Crippen molar-refractivity contribution in [2.75, 3.05) is 0 Å². The van der Waals surface area contributed by atoms with Gasteiger partial charge in [0.25, 0.3) is 0 Å². The van der Waals surface area contributed by atoms with Crippen molar-refractivity contribution in [2.45, 2.75) is 18.9 Å². The standard InChI is InChI=1S/C12H12BrNOS/c1-9-14-11(8-16-9)7-15-12-4-2-10(6-13)3-5-12/h2-5,8H,6-7H2,1H3. The summed E-state index contributed by atoms with van der Waals surface area (Å²) in [5.41, 5.74) is 2.24. The van der Waals surface area contributed by atoms with Crippen LogP contribution in [0.25, 0.3) is 0 Å². The molecule has 1 aromatic carbocycles.